The van der Waals surface area contributed by atoms with Gasteiger partial charge in [0.1, 0.15) is 5.82 Å². The lowest BCUT2D eigenvalue weighted by Gasteiger charge is -2.25. The highest BCUT2D eigenvalue weighted by Gasteiger charge is 2.23. The van der Waals surface area contributed by atoms with Gasteiger partial charge in [0.05, 0.1) is 16.6 Å². The van der Waals surface area contributed by atoms with E-state index in [-0.39, 0.29) is 18.0 Å². The normalized spacial score (nSPS) is 13.8. The molecule has 0 bridgehead atoms. The predicted molar refractivity (Wildman–Crippen MR) is 75.5 cm³/mol. The number of benzene rings is 1. The molecule has 0 saturated heterocycles. The molecule has 2 N–H and O–H groups in total. The Bertz CT molecular complexity index is 544. The first-order valence-electron chi connectivity index (χ1n) is 6.56. The number of nitro groups is 1. The zero-order chi connectivity index (χ0) is 16.2. The highest BCUT2D eigenvalue weighted by atomic mass is 19.1. The van der Waals surface area contributed by atoms with Gasteiger partial charge in [-0.25, -0.2) is 4.39 Å². The Kier molecular flexibility index (Phi) is 5.37. The molecule has 0 aromatic heterocycles. The van der Waals surface area contributed by atoms with Gasteiger partial charge in [-0.1, -0.05) is 13.8 Å². The molecule has 0 fully saturated rings. The standard InChI is InChI=1S/C14H19FN2O4/c1-9(2)7-14(3,19)8-16-13(18)10-4-11(15)6-12(5-10)17(20)21/h4-6,9,19H,7-8H2,1-3H3,(H,16,18). The van der Waals surface area contributed by atoms with Crippen molar-refractivity contribution in [3.63, 3.8) is 0 Å². The summed E-state index contributed by atoms with van der Waals surface area (Å²) in [5.41, 5.74) is -1.74. The van der Waals surface area contributed by atoms with Gasteiger partial charge >= 0.3 is 0 Å². The third-order valence-electron chi connectivity index (χ3n) is 2.83. The Morgan fingerprint density at radius 2 is 2.10 bits per heavy atom. The summed E-state index contributed by atoms with van der Waals surface area (Å²) >= 11 is 0. The summed E-state index contributed by atoms with van der Waals surface area (Å²) in [6, 6.07) is 2.65. The Morgan fingerprint density at radius 3 is 2.62 bits per heavy atom. The number of hydrogen-bond acceptors (Lipinski definition) is 4. The zero-order valence-corrected chi connectivity index (χ0v) is 12.2. The lowest BCUT2D eigenvalue weighted by Crippen LogP contribution is -2.41. The fourth-order valence-electron chi connectivity index (χ4n) is 2.14. The lowest BCUT2D eigenvalue weighted by atomic mass is 9.94. The van der Waals surface area contributed by atoms with Crippen LogP contribution in [0.15, 0.2) is 18.2 Å². The zero-order valence-electron chi connectivity index (χ0n) is 12.2. The van der Waals surface area contributed by atoms with Crippen LogP contribution in [0.4, 0.5) is 10.1 Å². The van der Waals surface area contributed by atoms with Crippen molar-refractivity contribution in [2.45, 2.75) is 32.8 Å². The Hall–Kier alpha value is -2.02. The van der Waals surface area contributed by atoms with E-state index in [1.54, 1.807) is 6.92 Å². The predicted octanol–water partition coefficient (Wildman–Crippen LogP) is 2.26. The first-order chi connectivity index (χ1) is 9.60. The highest BCUT2D eigenvalue weighted by molar-refractivity contribution is 5.94. The minimum Gasteiger partial charge on any atom is -0.388 e. The minimum atomic E-state index is -1.09. The second-order valence-electron chi connectivity index (χ2n) is 5.73. The van der Waals surface area contributed by atoms with Gasteiger partial charge in [0.2, 0.25) is 0 Å². The van der Waals surface area contributed by atoms with Crippen molar-refractivity contribution in [2.75, 3.05) is 6.54 Å². The summed E-state index contributed by atoms with van der Waals surface area (Å²) in [4.78, 5) is 21.8. The van der Waals surface area contributed by atoms with Crippen LogP contribution >= 0.6 is 0 Å². The van der Waals surface area contributed by atoms with E-state index in [4.69, 9.17) is 0 Å². The first kappa shape index (κ1) is 17.0. The Labute approximate surface area is 122 Å². The maximum Gasteiger partial charge on any atom is 0.273 e. The second-order valence-corrected chi connectivity index (χ2v) is 5.73. The molecule has 0 spiro atoms. The van der Waals surface area contributed by atoms with Crippen molar-refractivity contribution in [3.8, 4) is 0 Å². The number of halogens is 1. The molecule has 1 amide bonds. The smallest absolute Gasteiger partial charge is 0.273 e. The lowest BCUT2D eigenvalue weighted by molar-refractivity contribution is -0.385. The number of non-ortho nitro benzene ring substituents is 1. The van der Waals surface area contributed by atoms with Gasteiger partial charge in [-0.3, -0.25) is 14.9 Å². The van der Waals surface area contributed by atoms with E-state index >= 15 is 0 Å². The largest absolute Gasteiger partial charge is 0.388 e. The summed E-state index contributed by atoms with van der Waals surface area (Å²) in [5, 5.41) is 23.2. The third kappa shape index (κ3) is 5.47. The molecular weight excluding hydrogens is 279 g/mol. The Morgan fingerprint density at radius 1 is 1.48 bits per heavy atom. The van der Waals surface area contributed by atoms with Crippen LogP contribution in [-0.4, -0.2) is 28.1 Å². The van der Waals surface area contributed by atoms with Crippen molar-refractivity contribution in [1.29, 1.82) is 0 Å². The van der Waals surface area contributed by atoms with Crippen LogP contribution < -0.4 is 5.32 Å². The van der Waals surface area contributed by atoms with Crippen LogP contribution in [0.25, 0.3) is 0 Å². The molecule has 6 nitrogen and oxygen atoms in total. The monoisotopic (exact) mass is 298 g/mol. The van der Waals surface area contributed by atoms with Crippen molar-refractivity contribution in [3.05, 3.63) is 39.7 Å². The topological polar surface area (TPSA) is 92.5 Å². The van der Waals surface area contributed by atoms with Gasteiger partial charge in [-0.2, -0.15) is 0 Å². The van der Waals surface area contributed by atoms with Crippen LogP contribution in [-0.2, 0) is 0 Å². The fraction of sp³-hybridized carbons (Fsp3) is 0.500. The molecule has 1 unspecified atom stereocenters. The summed E-state index contributed by atoms with van der Waals surface area (Å²) in [6.45, 7) is 5.44. The summed E-state index contributed by atoms with van der Waals surface area (Å²) < 4.78 is 13.3. The molecule has 0 aliphatic heterocycles. The van der Waals surface area contributed by atoms with E-state index in [0.717, 1.165) is 18.2 Å². The summed E-state index contributed by atoms with van der Waals surface area (Å²) in [5.74, 6) is -1.28. The van der Waals surface area contributed by atoms with E-state index in [9.17, 15) is 24.4 Å². The van der Waals surface area contributed by atoms with Gasteiger partial charge < -0.3 is 10.4 Å². The molecule has 0 heterocycles. The number of nitro benzene ring substituents is 1. The van der Waals surface area contributed by atoms with Crippen LogP contribution in [0.1, 0.15) is 37.6 Å². The van der Waals surface area contributed by atoms with Crippen molar-refractivity contribution in [1.82, 2.24) is 5.32 Å². The van der Waals surface area contributed by atoms with Gasteiger partial charge in [0, 0.05) is 18.2 Å². The number of hydrogen-bond donors (Lipinski definition) is 2. The maximum absolute atomic E-state index is 13.3. The van der Waals surface area contributed by atoms with Crippen LogP contribution in [0.5, 0.6) is 0 Å². The second kappa shape index (κ2) is 6.62. The van der Waals surface area contributed by atoms with Crippen molar-refractivity contribution >= 4 is 11.6 Å². The SMILES string of the molecule is CC(C)CC(C)(O)CNC(=O)c1cc(F)cc([N+](=O)[O-])c1. The number of nitrogens with zero attached hydrogens (tertiary/aromatic N) is 1. The number of nitrogens with one attached hydrogen (secondary N) is 1. The quantitative estimate of drug-likeness (QED) is 0.622. The van der Waals surface area contributed by atoms with E-state index < -0.39 is 27.9 Å². The minimum absolute atomic E-state index is 0.0195. The average molecular weight is 298 g/mol. The highest BCUT2D eigenvalue weighted by Crippen LogP contribution is 2.18. The van der Waals surface area contributed by atoms with Gasteiger partial charge in [0.25, 0.3) is 11.6 Å². The Balaban J connectivity index is 2.79. The molecule has 0 aliphatic carbocycles. The molecule has 0 radical (unpaired) electrons. The fourth-order valence-corrected chi connectivity index (χ4v) is 2.14. The van der Waals surface area contributed by atoms with Gasteiger partial charge in [-0.15, -0.1) is 0 Å². The number of aliphatic hydroxyl groups is 1. The van der Waals surface area contributed by atoms with Crippen LogP contribution in [0.3, 0.4) is 0 Å². The molecule has 0 aliphatic rings. The molecule has 1 rings (SSSR count). The summed E-state index contributed by atoms with van der Waals surface area (Å²) in [7, 11) is 0. The molecule has 1 aromatic rings. The molecule has 1 atom stereocenters. The van der Waals surface area contributed by atoms with Gasteiger partial charge in [0.15, 0.2) is 0 Å². The maximum atomic E-state index is 13.3. The van der Waals surface area contributed by atoms with E-state index in [2.05, 4.69) is 5.32 Å². The van der Waals surface area contributed by atoms with Crippen molar-refractivity contribution < 1.29 is 19.2 Å². The number of carbonyl (C=O) groups is 1. The van der Waals surface area contributed by atoms with Crippen LogP contribution in [0, 0.1) is 21.8 Å². The van der Waals surface area contributed by atoms with Crippen LogP contribution in [0.2, 0.25) is 0 Å². The first-order valence-corrected chi connectivity index (χ1v) is 6.56. The molecule has 7 heteroatoms. The molecule has 116 valence electrons. The van der Waals surface area contributed by atoms with E-state index in [1.165, 1.54) is 0 Å². The average Bonchev–Trinajstić information content (AvgIpc) is 2.33. The number of amides is 1. The molecular formula is C14H19FN2O4. The molecule has 0 saturated carbocycles. The van der Waals surface area contributed by atoms with E-state index in [0.29, 0.717) is 6.42 Å². The van der Waals surface area contributed by atoms with Crippen molar-refractivity contribution in [2.24, 2.45) is 5.92 Å². The molecule has 1 aromatic carbocycles. The molecule has 21 heavy (non-hydrogen) atoms. The number of rotatable bonds is 6. The van der Waals surface area contributed by atoms with E-state index in [1.807, 2.05) is 13.8 Å². The number of carbonyl (C=O) groups excluding carboxylic acids is 1. The summed E-state index contributed by atoms with van der Waals surface area (Å²) in [6.07, 6.45) is 0.483. The third-order valence-corrected chi connectivity index (χ3v) is 2.83. The van der Waals surface area contributed by atoms with Gasteiger partial charge in [-0.05, 0) is 25.3 Å².